The quantitative estimate of drug-likeness (QED) is 0.602. The molecule has 0 bridgehead atoms. The van der Waals surface area contributed by atoms with Crippen molar-refractivity contribution >= 4 is 5.88 Å². The molecule has 0 amide bonds. The minimum Gasteiger partial charge on any atom is -0.404 e. The van der Waals surface area contributed by atoms with Gasteiger partial charge in [0.05, 0.1) is 18.0 Å². The van der Waals surface area contributed by atoms with E-state index in [1.165, 1.54) is 6.07 Å². The zero-order valence-electron chi connectivity index (χ0n) is 9.16. The summed E-state index contributed by atoms with van der Waals surface area (Å²) in [5.41, 5.74) is 0.800. The molecule has 8 heteroatoms. The van der Waals surface area contributed by atoms with Crippen LogP contribution in [0.4, 0.5) is 5.88 Å². The van der Waals surface area contributed by atoms with E-state index in [1.807, 2.05) is 7.05 Å². The zero-order chi connectivity index (χ0) is 12.3. The number of rotatable bonds is 5. The van der Waals surface area contributed by atoms with Crippen molar-refractivity contribution in [1.82, 2.24) is 20.3 Å². The van der Waals surface area contributed by atoms with Gasteiger partial charge in [-0.25, -0.2) is 4.68 Å². The normalized spacial score (nSPS) is 10.6. The molecular weight excluding hydrogens is 226 g/mol. The maximum Gasteiger partial charge on any atom is 0.433 e. The molecule has 0 aromatic carbocycles. The van der Waals surface area contributed by atoms with Crippen LogP contribution in [-0.2, 0) is 13.1 Å². The first kappa shape index (κ1) is 11.3. The van der Waals surface area contributed by atoms with Gasteiger partial charge >= 0.3 is 5.88 Å². The molecule has 0 aliphatic rings. The Labute approximate surface area is 96.4 Å². The Kier molecular flexibility index (Phi) is 3.15. The second-order valence-corrected chi connectivity index (χ2v) is 3.43. The van der Waals surface area contributed by atoms with Crippen molar-refractivity contribution in [2.24, 2.45) is 0 Å². The van der Waals surface area contributed by atoms with E-state index in [2.05, 4.69) is 15.6 Å². The molecule has 0 fully saturated rings. The van der Waals surface area contributed by atoms with Crippen molar-refractivity contribution in [3.05, 3.63) is 39.9 Å². The summed E-state index contributed by atoms with van der Waals surface area (Å²) in [7, 11) is 1.81. The van der Waals surface area contributed by atoms with Gasteiger partial charge in [0.15, 0.2) is 0 Å². The number of hydrogen-bond acceptors (Lipinski definition) is 6. The van der Waals surface area contributed by atoms with E-state index in [1.54, 1.807) is 16.9 Å². The predicted molar refractivity (Wildman–Crippen MR) is 57.3 cm³/mol. The highest BCUT2D eigenvalue weighted by molar-refractivity contribution is 5.17. The Hall–Kier alpha value is -2.22. The highest BCUT2D eigenvalue weighted by atomic mass is 16.6. The second kappa shape index (κ2) is 4.74. The first-order valence-corrected chi connectivity index (χ1v) is 4.96. The fraction of sp³-hybridized carbons (Fsp3) is 0.333. The third kappa shape index (κ3) is 2.67. The molecule has 0 spiro atoms. The smallest absolute Gasteiger partial charge is 0.404 e. The summed E-state index contributed by atoms with van der Waals surface area (Å²) >= 11 is 0. The van der Waals surface area contributed by atoms with Crippen molar-refractivity contribution in [3.63, 3.8) is 0 Å². The van der Waals surface area contributed by atoms with Gasteiger partial charge in [0, 0.05) is 6.54 Å². The number of furan rings is 1. The van der Waals surface area contributed by atoms with Crippen LogP contribution in [0.5, 0.6) is 0 Å². The fourth-order valence-corrected chi connectivity index (χ4v) is 1.39. The van der Waals surface area contributed by atoms with E-state index < -0.39 is 4.92 Å². The molecule has 0 aliphatic carbocycles. The molecule has 17 heavy (non-hydrogen) atoms. The highest BCUT2D eigenvalue weighted by Crippen LogP contribution is 2.16. The van der Waals surface area contributed by atoms with Crippen molar-refractivity contribution in [3.8, 4) is 0 Å². The largest absolute Gasteiger partial charge is 0.433 e. The molecule has 2 aromatic heterocycles. The molecule has 0 unspecified atom stereocenters. The van der Waals surface area contributed by atoms with E-state index >= 15 is 0 Å². The highest BCUT2D eigenvalue weighted by Gasteiger charge is 2.12. The molecule has 90 valence electrons. The lowest BCUT2D eigenvalue weighted by Gasteiger charge is -1.94. The van der Waals surface area contributed by atoms with Gasteiger partial charge in [0.1, 0.15) is 17.2 Å². The lowest BCUT2D eigenvalue weighted by atomic mass is 10.4. The number of aromatic nitrogens is 3. The summed E-state index contributed by atoms with van der Waals surface area (Å²) in [5.74, 6) is 0.202. The van der Waals surface area contributed by atoms with Crippen molar-refractivity contribution < 1.29 is 9.34 Å². The Morgan fingerprint density at radius 3 is 3.06 bits per heavy atom. The summed E-state index contributed by atoms with van der Waals surface area (Å²) in [4.78, 5) is 9.85. The third-order valence-corrected chi connectivity index (χ3v) is 2.09. The van der Waals surface area contributed by atoms with Crippen LogP contribution in [0.15, 0.2) is 22.7 Å². The van der Waals surface area contributed by atoms with Crippen molar-refractivity contribution in [2.75, 3.05) is 7.05 Å². The van der Waals surface area contributed by atoms with Crippen LogP contribution in [0.25, 0.3) is 0 Å². The van der Waals surface area contributed by atoms with E-state index in [0.29, 0.717) is 18.8 Å². The van der Waals surface area contributed by atoms with Gasteiger partial charge in [0.25, 0.3) is 0 Å². The average molecular weight is 237 g/mol. The van der Waals surface area contributed by atoms with Crippen LogP contribution in [0.3, 0.4) is 0 Å². The molecule has 0 saturated carbocycles. The molecule has 2 rings (SSSR count). The molecule has 2 heterocycles. The van der Waals surface area contributed by atoms with Gasteiger partial charge in [0.2, 0.25) is 0 Å². The Morgan fingerprint density at radius 1 is 1.59 bits per heavy atom. The Bertz CT molecular complexity index is 518. The predicted octanol–water partition coefficient (Wildman–Crippen LogP) is 0.547. The van der Waals surface area contributed by atoms with Crippen LogP contribution in [0.1, 0.15) is 11.5 Å². The summed E-state index contributed by atoms with van der Waals surface area (Å²) in [6.45, 7) is 0.947. The molecule has 8 nitrogen and oxygen atoms in total. The van der Waals surface area contributed by atoms with Crippen LogP contribution in [0.2, 0.25) is 0 Å². The summed E-state index contributed by atoms with van der Waals surface area (Å²) in [6.07, 6.45) is 1.75. The van der Waals surface area contributed by atoms with Gasteiger partial charge < -0.3 is 9.73 Å². The number of nitro groups is 1. The lowest BCUT2D eigenvalue weighted by Crippen LogP contribution is -2.05. The van der Waals surface area contributed by atoms with Gasteiger partial charge in [-0.2, -0.15) is 0 Å². The maximum atomic E-state index is 10.4. The topological polar surface area (TPSA) is 99.0 Å². The van der Waals surface area contributed by atoms with E-state index in [9.17, 15) is 10.1 Å². The second-order valence-electron chi connectivity index (χ2n) is 3.43. The summed E-state index contributed by atoms with van der Waals surface area (Å²) in [5, 5.41) is 21.2. The first-order chi connectivity index (χ1) is 8.19. The van der Waals surface area contributed by atoms with Crippen LogP contribution < -0.4 is 5.32 Å². The number of hydrogen-bond donors (Lipinski definition) is 1. The van der Waals surface area contributed by atoms with Crippen molar-refractivity contribution in [1.29, 1.82) is 0 Å². The zero-order valence-corrected chi connectivity index (χ0v) is 9.16. The van der Waals surface area contributed by atoms with E-state index in [0.717, 1.165) is 5.69 Å². The molecule has 1 N–H and O–H groups in total. The Morgan fingerprint density at radius 2 is 2.41 bits per heavy atom. The summed E-state index contributed by atoms with van der Waals surface area (Å²) < 4.78 is 6.58. The lowest BCUT2D eigenvalue weighted by molar-refractivity contribution is -0.402. The molecule has 0 radical (unpaired) electrons. The minimum atomic E-state index is -0.572. The van der Waals surface area contributed by atoms with Gasteiger partial charge in [-0.15, -0.1) is 5.10 Å². The molecule has 0 atom stereocenters. The minimum absolute atomic E-state index is 0.268. The monoisotopic (exact) mass is 237 g/mol. The van der Waals surface area contributed by atoms with E-state index in [-0.39, 0.29) is 5.88 Å². The molecule has 0 saturated heterocycles. The van der Waals surface area contributed by atoms with Crippen molar-refractivity contribution in [2.45, 2.75) is 13.1 Å². The van der Waals surface area contributed by atoms with Crippen LogP contribution in [-0.4, -0.2) is 27.0 Å². The van der Waals surface area contributed by atoms with Crippen LogP contribution in [0, 0.1) is 10.1 Å². The SMILES string of the molecule is CNCc1cn(Cc2ccc([N+](=O)[O-])o2)nn1. The van der Waals surface area contributed by atoms with Crippen LogP contribution >= 0.6 is 0 Å². The summed E-state index contributed by atoms with van der Waals surface area (Å²) in [6, 6.07) is 2.87. The molecule has 2 aromatic rings. The number of nitrogens with zero attached hydrogens (tertiary/aromatic N) is 4. The Balaban J connectivity index is 2.05. The molecule has 0 aliphatic heterocycles. The van der Waals surface area contributed by atoms with Gasteiger partial charge in [-0.05, 0) is 13.1 Å². The first-order valence-electron chi connectivity index (χ1n) is 4.96. The van der Waals surface area contributed by atoms with Gasteiger partial charge in [-0.1, -0.05) is 5.21 Å². The number of nitrogens with one attached hydrogen (secondary N) is 1. The van der Waals surface area contributed by atoms with E-state index in [4.69, 9.17) is 4.42 Å². The standard InChI is InChI=1S/C9H11N5O3/c1-10-4-7-5-13(12-11-7)6-8-2-3-9(17-8)14(15)16/h2-3,5,10H,4,6H2,1H3. The fourth-order valence-electron chi connectivity index (χ4n) is 1.39. The molecular formula is C9H11N5O3. The maximum absolute atomic E-state index is 10.4. The third-order valence-electron chi connectivity index (χ3n) is 2.09. The van der Waals surface area contributed by atoms with Gasteiger partial charge in [-0.3, -0.25) is 10.1 Å². The average Bonchev–Trinajstić information content (AvgIpc) is 2.89.